The number of aromatic nitrogens is 3. The number of carbonyl (C=O) groups is 1. The third-order valence-corrected chi connectivity index (χ3v) is 5.06. The summed E-state index contributed by atoms with van der Waals surface area (Å²) in [7, 11) is 0. The van der Waals surface area contributed by atoms with Crippen LogP contribution in [0.3, 0.4) is 0 Å². The van der Waals surface area contributed by atoms with Gasteiger partial charge in [0.2, 0.25) is 17.8 Å². The Bertz CT molecular complexity index is 1170. The van der Waals surface area contributed by atoms with Crippen molar-refractivity contribution in [2.75, 3.05) is 41.9 Å². The summed E-state index contributed by atoms with van der Waals surface area (Å²) in [6.45, 7) is 3.88. The Balaban J connectivity index is 1.51. The van der Waals surface area contributed by atoms with Crippen molar-refractivity contribution in [2.45, 2.75) is 19.8 Å². The lowest BCUT2D eigenvalue weighted by molar-refractivity contribution is -0.119. The van der Waals surface area contributed by atoms with Crippen LogP contribution < -0.4 is 30.8 Å². The molecule has 0 unspecified atom stereocenters. The molecule has 182 valence electrons. The molecule has 1 fully saturated rings. The van der Waals surface area contributed by atoms with Crippen molar-refractivity contribution in [1.29, 1.82) is 0 Å². The zero-order valence-electron chi connectivity index (χ0n) is 19.5. The number of anilines is 4. The van der Waals surface area contributed by atoms with Gasteiger partial charge < -0.3 is 25.4 Å². The summed E-state index contributed by atoms with van der Waals surface area (Å²) in [5.74, 6) is 1.71. The van der Waals surface area contributed by atoms with Crippen molar-refractivity contribution in [3.8, 4) is 11.5 Å². The molecular formula is C24H28N8O3. The van der Waals surface area contributed by atoms with Crippen LogP contribution in [0.4, 0.5) is 23.5 Å². The highest BCUT2D eigenvalue weighted by atomic mass is 16.5. The maximum Gasteiger partial charge on any atom is 0.255 e. The molecule has 1 aliphatic rings. The van der Waals surface area contributed by atoms with Gasteiger partial charge in [0.05, 0.1) is 12.8 Å². The van der Waals surface area contributed by atoms with Gasteiger partial charge in [-0.25, -0.2) is 5.43 Å². The Labute approximate surface area is 203 Å². The Kier molecular flexibility index (Phi) is 7.89. The van der Waals surface area contributed by atoms with Gasteiger partial charge in [-0.15, -0.1) is 0 Å². The van der Waals surface area contributed by atoms with Crippen LogP contribution in [0.25, 0.3) is 0 Å². The zero-order chi connectivity index (χ0) is 24.5. The number of nitrogens with one attached hydrogen (secondary N) is 2. The molecular weight excluding hydrogens is 448 g/mol. The quantitative estimate of drug-likeness (QED) is 0.281. The van der Waals surface area contributed by atoms with Crippen molar-refractivity contribution in [2.24, 2.45) is 10.8 Å². The highest BCUT2D eigenvalue weighted by Gasteiger charge is 2.17. The maximum absolute atomic E-state index is 11.0. The molecule has 2 heterocycles. The van der Waals surface area contributed by atoms with Gasteiger partial charge >= 0.3 is 0 Å². The van der Waals surface area contributed by atoms with Gasteiger partial charge in [-0.2, -0.15) is 20.1 Å². The molecule has 1 amide bonds. The van der Waals surface area contributed by atoms with Crippen molar-refractivity contribution in [3.05, 3.63) is 54.1 Å². The molecule has 1 aromatic heterocycles. The first-order valence-electron chi connectivity index (χ1n) is 11.4. The molecule has 11 nitrogen and oxygen atoms in total. The zero-order valence-corrected chi connectivity index (χ0v) is 19.5. The number of ether oxygens (including phenoxy) is 2. The van der Waals surface area contributed by atoms with Gasteiger partial charge in [-0.3, -0.25) is 4.79 Å². The number of nitrogens with two attached hydrogens (primary N) is 1. The van der Waals surface area contributed by atoms with Crippen LogP contribution in [0.15, 0.2) is 53.6 Å². The van der Waals surface area contributed by atoms with E-state index in [0.717, 1.165) is 37.2 Å². The number of hydrogen-bond acceptors (Lipinski definition) is 10. The smallest absolute Gasteiger partial charge is 0.255 e. The molecule has 0 saturated carbocycles. The van der Waals surface area contributed by atoms with Crippen LogP contribution in [0.2, 0.25) is 0 Å². The standard InChI is InChI=1S/C24H28N8O3/c1-2-34-20-14-17(10-11-19(20)35-16-21(25)33)15-26-31-23-28-22(27-18-8-4-3-5-9-18)29-24(30-23)32-12-6-7-13-32/h3-5,8-11,14-15H,2,6-7,12-13,16H2,1H3,(H2,25,33)(H2,27,28,29,30,31)/b26-15+. The topological polar surface area (TPSA) is 140 Å². The molecule has 1 aliphatic heterocycles. The van der Waals surface area contributed by atoms with E-state index in [2.05, 4.69) is 35.7 Å². The second-order valence-electron chi connectivity index (χ2n) is 7.73. The van der Waals surface area contributed by atoms with E-state index >= 15 is 0 Å². The Morgan fingerprint density at radius 1 is 1.06 bits per heavy atom. The first kappa shape index (κ1) is 23.7. The summed E-state index contributed by atoms with van der Waals surface area (Å²) in [6.07, 6.45) is 3.83. The van der Waals surface area contributed by atoms with Gasteiger partial charge in [-0.1, -0.05) is 18.2 Å². The third kappa shape index (κ3) is 6.79. The molecule has 11 heteroatoms. The minimum absolute atomic E-state index is 0.229. The lowest BCUT2D eigenvalue weighted by Crippen LogP contribution is -2.21. The summed E-state index contributed by atoms with van der Waals surface area (Å²) >= 11 is 0. The monoisotopic (exact) mass is 476 g/mol. The summed E-state index contributed by atoms with van der Waals surface area (Å²) in [5.41, 5.74) is 9.69. The van der Waals surface area contributed by atoms with Crippen LogP contribution in [0, 0.1) is 0 Å². The lowest BCUT2D eigenvalue weighted by Gasteiger charge is -2.16. The third-order valence-electron chi connectivity index (χ3n) is 5.06. The number of hydrogen-bond donors (Lipinski definition) is 3. The second-order valence-corrected chi connectivity index (χ2v) is 7.73. The number of rotatable bonds is 11. The molecule has 1 saturated heterocycles. The molecule has 4 rings (SSSR count). The predicted molar refractivity (Wildman–Crippen MR) is 135 cm³/mol. The van der Waals surface area contributed by atoms with Gasteiger partial charge in [0.1, 0.15) is 0 Å². The van der Waals surface area contributed by atoms with Crippen molar-refractivity contribution in [1.82, 2.24) is 15.0 Å². The number of amides is 1. The average molecular weight is 477 g/mol. The summed E-state index contributed by atoms with van der Waals surface area (Å²) in [5, 5.41) is 7.51. The van der Waals surface area contributed by atoms with Gasteiger partial charge in [0, 0.05) is 18.8 Å². The van der Waals surface area contributed by atoms with Crippen molar-refractivity contribution < 1.29 is 14.3 Å². The fraction of sp³-hybridized carbons (Fsp3) is 0.292. The summed E-state index contributed by atoms with van der Waals surface area (Å²) in [4.78, 5) is 26.7. The van der Waals surface area contributed by atoms with E-state index in [9.17, 15) is 4.79 Å². The van der Waals surface area contributed by atoms with E-state index < -0.39 is 5.91 Å². The molecule has 0 radical (unpaired) electrons. The Hall–Kier alpha value is -4.41. The Morgan fingerprint density at radius 2 is 1.83 bits per heavy atom. The minimum Gasteiger partial charge on any atom is -0.490 e. The van der Waals surface area contributed by atoms with Gasteiger partial charge in [0.25, 0.3) is 5.91 Å². The predicted octanol–water partition coefficient (Wildman–Crippen LogP) is 2.92. The van der Waals surface area contributed by atoms with Crippen LogP contribution >= 0.6 is 0 Å². The molecule has 0 bridgehead atoms. The number of primary amides is 1. The van der Waals surface area contributed by atoms with Crippen LogP contribution in [-0.2, 0) is 4.79 Å². The average Bonchev–Trinajstić information content (AvgIpc) is 3.39. The van der Waals surface area contributed by atoms with E-state index in [4.69, 9.17) is 15.2 Å². The Morgan fingerprint density at radius 3 is 2.57 bits per heavy atom. The first-order chi connectivity index (χ1) is 17.1. The van der Waals surface area contributed by atoms with Crippen LogP contribution in [0.5, 0.6) is 11.5 Å². The fourth-order valence-corrected chi connectivity index (χ4v) is 3.49. The number of nitrogens with zero attached hydrogens (tertiary/aromatic N) is 5. The SMILES string of the molecule is CCOc1cc(/C=N/Nc2nc(Nc3ccccc3)nc(N3CCCC3)n2)ccc1OCC(N)=O. The van der Waals surface area contributed by atoms with Gasteiger partial charge in [0.15, 0.2) is 18.1 Å². The molecule has 3 aromatic rings. The van der Waals surface area contributed by atoms with Crippen molar-refractivity contribution in [3.63, 3.8) is 0 Å². The number of para-hydroxylation sites is 1. The first-order valence-corrected chi connectivity index (χ1v) is 11.4. The largest absolute Gasteiger partial charge is 0.490 e. The highest BCUT2D eigenvalue weighted by Crippen LogP contribution is 2.28. The molecule has 35 heavy (non-hydrogen) atoms. The molecule has 0 spiro atoms. The van der Waals surface area contributed by atoms with Crippen molar-refractivity contribution >= 4 is 35.7 Å². The molecule has 2 aromatic carbocycles. The number of benzene rings is 2. The fourth-order valence-electron chi connectivity index (χ4n) is 3.49. The number of hydrazone groups is 1. The molecule has 0 aliphatic carbocycles. The van der Waals surface area contributed by atoms with E-state index in [0.29, 0.717) is 36.0 Å². The minimum atomic E-state index is -0.561. The summed E-state index contributed by atoms with van der Waals surface area (Å²) < 4.78 is 11.0. The van der Waals surface area contributed by atoms with E-state index in [1.165, 1.54) is 0 Å². The van der Waals surface area contributed by atoms with E-state index in [-0.39, 0.29) is 6.61 Å². The number of carbonyl (C=O) groups excluding carboxylic acids is 1. The van der Waals surface area contributed by atoms with E-state index in [1.54, 1.807) is 24.4 Å². The molecule has 4 N–H and O–H groups in total. The van der Waals surface area contributed by atoms with Crippen LogP contribution in [0.1, 0.15) is 25.3 Å². The normalized spacial score (nSPS) is 13.1. The van der Waals surface area contributed by atoms with E-state index in [1.807, 2.05) is 37.3 Å². The van der Waals surface area contributed by atoms with Gasteiger partial charge in [-0.05, 0) is 55.7 Å². The molecule has 0 atom stereocenters. The van der Waals surface area contributed by atoms with Crippen LogP contribution in [-0.4, -0.2) is 53.4 Å². The second kappa shape index (κ2) is 11.6. The summed E-state index contributed by atoms with van der Waals surface area (Å²) in [6, 6.07) is 15.0. The maximum atomic E-state index is 11.0. The highest BCUT2D eigenvalue weighted by molar-refractivity contribution is 5.81. The lowest BCUT2D eigenvalue weighted by atomic mass is 10.2.